The van der Waals surface area contributed by atoms with Gasteiger partial charge in [0, 0.05) is 24.3 Å². The second-order valence-electron chi connectivity index (χ2n) is 11.8. The van der Waals surface area contributed by atoms with Gasteiger partial charge in [-0.3, -0.25) is 0 Å². The Kier molecular flexibility index (Phi) is 22.1. The summed E-state index contributed by atoms with van der Waals surface area (Å²) >= 11 is 1.70. The number of pyridine rings is 1. The molecular weight excluding hydrogens is 510 g/mol. The van der Waals surface area contributed by atoms with Crippen LogP contribution in [0.25, 0.3) is 11.5 Å². The first-order valence-corrected chi connectivity index (χ1v) is 18.3. The molecule has 0 unspecified atom stereocenters. The molecule has 0 spiro atoms. The molecule has 2 heterocycles. The molecule has 2 aromatic heterocycles. The fraction of sp³-hybridized carbons (Fsp3) is 0.800. The van der Waals surface area contributed by atoms with Crippen molar-refractivity contribution in [3.8, 4) is 11.5 Å². The van der Waals surface area contributed by atoms with Crippen molar-refractivity contribution >= 4 is 11.8 Å². The van der Waals surface area contributed by atoms with Crippen LogP contribution in [-0.2, 0) is 6.54 Å². The van der Waals surface area contributed by atoms with Crippen LogP contribution in [0.5, 0.6) is 0 Å². The highest BCUT2D eigenvalue weighted by atomic mass is 32.2. The van der Waals surface area contributed by atoms with Crippen molar-refractivity contribution in [1.82, 2.24) is 10.2 Å². The summed E-state index contributed by atoms with van der Waals surface area (Å²) in [6, 6.07) is 4.21. The van der Waals surface area contributed by atoms with Gasteiger partial charge in [-0.1, -0.05) is 160 Å². The lowest BCUT2D eigenvalue weighted by Gasteiger charge is -2.03. The van der Waals surface area contributed by atoms with Gasteiger partial charge in [-0.05, 0) is 12.8 Å². The molecule has 4 nitrogen and oxygen atoms in total. The monoisotopic (exact) mass is 572 g/mol. The lowest BCUT2D eigenvalue weighted by atomic mass is 10.0. The van der Waals surface area contributed by atoms with E-state index in [1.807, 2.05) is 0 Å². The second kappa shape index (κ2) is 25.4. The Hall–Kier alpha value is -1.36. The van der Waals surface area contributed by atoms with Crippen molar-refractivity contribution in [3.05, 3.63) is 24.5 Å². The minimum Gasteiger partial charge on any atom is -0.411 e. The van der Waals surface area contributed by atoms with Crippen LogP contribution >= 0.6 is 11.8 Å². The first-order valence-electron chi connectivity index (χ1n) is 17.3. The molecule has 2 rings (SSSR count). The highest BCUT2D eigenvalue weighted by Gasteiger charge is 2.11. The normalized spacial score (nSPS) is 11.4. The summed E-state index contributed by atoms with van der Waals surface area (Å²) in [6.07, 6.45) is 37.6. The molecule has 0 bridgehead atoms. The van der Waals surface area contributed by atoms with E-state index < -0.39 is 0 Å². The van der Waals surface area contributed by atoms with Gasteiger partial charge >= 0.3 is 0 Å². The minimum absolute atomic E-state index is 0.634. The average Bonchev–Trinajstić information content (AvgIpc) is 3.45. The molecule has 0 radical (unpaired) electrons. The molecule has 40 heavy (non-hydrogen) atoms. The SMILES string of the molecule is CCCCCCCCCCCCCCCC[n+]1ccc(-c2nnc(SCCCCCCCCCCCC)o2)cc1. The third kappa shape index (κ3) is 18.1. The van der Waals surface area contributed by atoms with Gasteiger partial charge < -0.3 is 4.42 Å². The third-order valence-corrected chi connectivity index (χ3v) is 8.94. The van der Waals surface area contributed by atoms with Crippen molar-refractivity contribution in [2.24, 2.45) is 0 Å². The number of aryl methyl sites for hydroxylation is 1. The van der Waals surface area contributed by atoms with Crippen molar-refractivity contribution in [2.45, 2.75) is 180 Å². The number of nitrogens with zero attached hydrogens (tertiary/aromatic N) is 3. The number of aromatic nitrogens is 3. The predicted octanol–water partition coefficient (Wildman–Crippen LogP) is 11.5. The molecule has 228 valence electrons. The Morgan fingerprint density at radius 2 is 0.975 bits per heavy atom. The Balaban J connectivity index is 1.44. The lowest BCUT2D eigenvalue weighted by molar-refractivity contribution is -0.697. The summed E-state index contributed by atoms with van der Waals surface area (Å²) in [7, 11) is 0. The number of unbranched alkanes of at least 4 members (excludes halogenated alkanes) is 22. The van der Waals surface area contributed by atoms with E-state index in [1.165, 1.54) is 154 Å². The molecule has 2 aromatic rings. The van der Waals surface area contributed by atoms with E-state index in [0.717, 1.165) is 17.9 Å². The summed E-state index contributed by atoms with van der Waals surface area (Å²) in [5, 5.41) is 9.24. The smallest absolute Gasteiger partial charge is 0.276 e. The molecule has 0 aliphatic carbocycles. The summed E-state index contributed by atoms with van der Waals surface area (Å²) < 4.78 is 8.20. The van der Waals surface area contributed by atoms with E-state index in [-0.39, 0.29) is 0 Å². The molecular formula is C35H62N3OS+. The van der Waals surface area contributed by atoms with Gasteiger partial charge in [0.1, 0.15) is 6.54 Å². The topological polar surface area (TPSA) is 42.8 Å². The van der Waals surface area contributed by atoms with Gasteiger partial charge in [0.25, 0.3) is 5.22 Å². The first-order chi connectivity index (χ1) is 19.8. The van der Waals surface area contributed by atoms with E-state index in [4.69, 9.17) is 4.42 Å². The largest absolute Gasteiger partial charge is 0.411 e. The molecule has 0 N–H and O–H groups in total. The summed E-state index contributed by atoms with van der Waals surface area (Å²) in [4.78, 5) is 0. The van der Waals surface area contributed by atoms with E-state index in [1.54, 1.807) is 11.8 Å². The highest BCUT2D eigenvalue weighted by Crippen LogP contribution is 2.23. The Labute approximate surface area is 251 Å². The van der Waals surface area contributed by atoms with Gasteiger partial charge in [0.05, 0.1) is 5.56 Å². The van der Waals surface area contributed by atoms with Crippen molar-refractivity contribution in [2.75, 3.05) is 5.75 Å². The quantitative estimate of drug-likeness (QED) is 0.0577. The maximum absolute atomic E-state index is 5.92. The Morgan fingerprint density at radius 1 is 0.550 bits per heavy atom. The number of thioether (sulfide) groups is 1. The molecule has 0 saturated carbocycles. The minimum atomic E-state index is 0.634. The maximum atomic E-state index is 5.92. The molecule has 0 fully saturated rings. The van der Waals surface area contributed by atoms with Gasteiger partial charge in [0.15, 0.2) is 12.4 Å². The van der Waals surface area contributed by atoms with E-state index in [2.05, 4.69) is 53.1 Å². The van der Waals surface area contributed by atoms with Crippen molar-refractivity contribution in [3.63, 3.8) is 0 Å². The van der Waals surface area contributed by atoms with E-state index >= 15 is 0 Å². The van der Waals surface area contributed by atoms with Crippen LogP contribution in [0.15, 0.2) is 34.2 Å². The van der Waals surface area contributed by atoms with E-state index in [0.29, 0.717) is 11.1 Å². The fourth-order valence-electron chi connectivity index (χ4n) is 5.37. The summed E-state index contributed by atoms with van der Waals surface area (Å²) in [6.45, 7) is 5.66. The maximum Gasteiger partial charge on any atom is 0.276 e. The predicted molar refractivity (Wildman–Crippen MR) is 173 cm³/mol. The van der Waals surface area contributed by atoms with Crippen LogP contribution < -0.4 is 4.57 Å². The number of hydrogen-bond donors (Lipinski definition) is 0. The third-order valence-electron chi connectivity index (χ3n) is 8.04. The fourth-order valence-corrected chi connectivity index (χ4v) is 6.13. The highest BCUT2D eigenvalue weighted by molar-refractivity contribution is 7.99. The zero-order valence-corrected chi connectivity index (χ0v) is 27.2. The van der Waals surface area contributed by atoms with Crippen LogP contribution in [-0.4, -0.2) is 16.0 Å². The van der Waals surface area contributed by atoms with Crippen molar-refractivity contribution < 1.29 is 8.98 Å². The van der Waals surface area contributed by atoms with Gasteiger partial charge in [-0.15, -0.1) is 10.2 Å². The number of hydrogen-bond acceptors (Lipinski definition) is 4. The second-order valence-corrected chi connectivity index (χ2v) is 12.9. The molecule has 0 aliphatic rings. The zero-order chi connectivity index (χ0) is 28.4. The molecule has 0 atom stereocenters. The molecule has 5 heteroatoms. The lowest BCUT2D eigenvalue weighted by Crippen LogP contribution is -2.32. The summed E-state index contributed by atoms with van der Waals surface area (Å²) in [5.74, 6) is 1.70. The van der Waals surface area contributed by atoms with Crippen LogP contribution in [0, 0.1) is 0 Å². The molecule has 0 saturated heterocycles. The van der Waals surface area contributed by atoms with Crippen molar-refractivity contribution in [1.29, 1.82) is 0 Å². The molecule has 0 aliphatic heterocycles. The summed E-state index contributed by atoms with van der Waals surface area (Å²) in [5.41, 5.74) is 1.01. The first kappa shape index (κ1) is 34.8. The van der Waals surface area contributed by atoms with Crippen LogP contribution in [0.3, 0.4) is 0 Å². The standard InChI is InChI=1S/C35H62N3OS/c1-3-5-7-9-11-13-15-16-17-18-19-21-23-25-29-38-30-27-33(28-31-38)34-36-37-35(39-34)40-32-26-24-22-20-14-12-10-8-6-4-2/h27-28,30-31H,3-26,29,32H2,1-2H3/q+1. The molecule has 0 amide bonds. The zero-order valence-electron chi connectivity index (χ0n) is 26.4. The number of rotatable bonds is 28. The van der Waals surface area contributed by atoms with Gasteiger partial charge in [-0.2, -0.15) is 0 Å². The van der Waals surface area contributed by atoms with E-state index in [9.17, 15) is 0 Å². The molecule has 0 aromatic carbocycles. The van der Waals surface area contributed by atoms with Crippen LogP contribution in [0.2, 0.25) is 0 Å². The van der Waals surface area contributed by atoms with Gasteiger partial charge in [0.2, 0.25) is 5.89 Å². The van der Waals surface area contributed by atoms with Crippen LogP contribution in [0.1, 0.15) is 168 Å². The Bertz CT molecular complexity index is 807. The van der Waals surface area contributed by atoms with Gasteiger partial charge in [-0.25, -0.2) is 4.57 Å². The van der Waals surface area contributed by atoms with Crippen LogP contribution in [0.4, 0.5) is 0 Å². The Morgan fingerprint density at radius 3 is 1.45 bits per heavy atom. The average molecular weight is 573 g/mol.